The lowest BCUT2D eigenvalue weighted by Crippen LogP contribution is -2.43. The van der Waals surface area contributed by atoms with Gasteiger partial charge in [-0.15, -0.1) is 11.3 Å². The van der Waals surface area contributed by atoms with Crippen LogP contribution in [0.5, 0.6) is 0 Å². The molecule has 0 bridgehead atoms. The summed E-state index contributed by atoms with van der Waals surface area (Å²) in [5.41, 5.74) is -0.465. The van der Waals surface area contributed by atoms with Gasteiger partial charge in [0.1, 0.15) is 0 Å². The van der Waals surface area contributed by atoms with Gasteiger partial charge in [0.15, 0.2) is 0 Å². The number of thioether (sulfide) groups is 1. The largest absolute Gasteiger partial charge is 0.388 e. The highest BCUT2D eigenvalue weighted by Gasteiger charge is 2.36. The quantitative estimate of drug-likeness (QED) is 0.840. The molecule has 0 amide bonds. The smallest absolute Gasteiger partial charge is 0.0811 e. The third-order valence-corrected chi connectivity index (χ3v) is 5.28. The number of hydrogen-bond acceptors (Lipinski definition) is 3. The highest BCUT2D eigenvalue weighted by molar-refractivity contribution is 8.00. The molecule has 1 aromatic heterocycles. The molecule has 1 aliphatic heterocycles. The molecule has 1 aliphatic rings. The predicted octanol–water partition coefficient (Wildman–Crippen LogP) is 2.94. The first-order valence-electron chi connectivity index (χ1n) is 5.07. The summed E-state index contributed by atoms with van der Waals surface area (Å²) in [6.07, 6.45) is 2.94. The van der Waals surface area contributed by atoms with Gasteiger partial charge in [0.2, 0.25) is 0 Å². The fraction of sp³-hybridized carbons (Fsp3) is 0.636. The maximum absolute atomic E-state index is 10.5. The molecule has 0 aliphatic carbocycles. The van der Waals surface area contributed by atoms with E-state index >= 15 is 0 Å². The van der Waals surface area contributed by atoms with Crippen molar-refractivity contribution in [1.82, 2.24) is 0 Å². The lowest BCUT2D eigenvalue weighted by Gasteiger charge is -2.37. The highest BCUT2D eigenvalue weighted by Crippen LogP contribution is 2.36. The molecular formula is C11H16OS2. The fourth-order valence-corrected chi connectivity index (χ4v) is 3.94. The Bertz CT molecular complexity index is 283. The van der Waals surface area contributed by atoms with Crippen LogP contribution in [0.3, 0.4) is 0 Å². The summed E-state index contributed by atoms with van der Waals surface area (Å²) in [5, 5.41) is 13.0. The Labute approximate surface area is 93.5 Å². The molecule has 1 saturated heterocycles. The minimum Gasteiger partial charge on any atom is -0.388 e. The molecule has 0 radical (unpaired) electrons. The third-order valence-electron chi connectivity index (χ3n) is 2.94. The van der Waals surface area contributed by atoms with Crippen LogP contribution in [-0.2, 0) is 6.42 Å². The Morgan fingerprint density at radius 3 is 3.14 bits per heavy atom. The van der Waals surface area contributed by atoms with Crippen LogP contribution in [0.25, 0.3) is 0 Å². The lowest BCUT2D eigenvalue weighted by atomic mass is 9.89. The Morgan fingerprint density at radius 2 is 2.50 bits per heavy atom. The lowest BCUT2D eigenvalue weighted by molar-refractivity contribution is 0.0305. The van der Waals surface area contributed by atoms with E-state index in [2.05, 4.69) is 24.4 Å². The highest BCUT2D eigenvalue weighted by atomic mass is 32.2. The van der Waals surface area contributed by atoms with Crippen LogP contribution in [0.15, 0.2) is 17.5 Å². The van der Waals surface area contributed by atoms with Gasteiger partial charge in [-0.1, -0.05) is 13.0 Å². The molecule has 1 aromatic rings. The number of rotatable bonds is 2. The van der Waals surface area contributed by atoms with Crippen molar-refractivity contribution >= 4 is 23.1 Å². The zero-order valence-electron chi connectivity index (χ0n) is 8.40. The van der Waals surface area contributed by atoms with E-state index in [0.717, 1.165) is 19.3 Å². The topological polar surface area (TPSA) is 20.2 Å². The second-order valence-corrected chi connectivity index (χ2v) is 6.46. The van der Waals surface area contributed by atoms with Crippen molar-refractivity contribution in [2.24, 2.45) is 0 Å². The molecular weight excluding hydrogens is 212 g/mol. The van der Waals surface area contributed by atoms with Crippen molar-refractivity contribution in [2.45, 2.75) is 37.0 Å². The van der Waals surface area contributed by atoms with E-state index in [1.165, 1.54) is 10.6 Å². The van der Waals surface area contributed by atoms with Gasteiger partial charge < -0.3 is 5.11 Å². The Kier molecular flexibility index (Phi) is 3.20. The van der Waals surface area contributed by atoms with Crippen molar-refractivity contribution in [3.63, 3.8) is 0 Å². The number of aliphatic hydroxyl groups is 1. The van der Waals surface area contributed by atoms with Crippen molar-refractivity contribution in [1.29, 1.82) is 0 Å². The molecule has 2 unspecified atom stereocenters. The molecule has 0 saturated carbocycles. The molecule has 1 N–H and O–H groups in total. The Hall–Kier alpha value is 0.01000. The molecule has 3 heteroatoms. The van der Waals surface area contributed by atoms with Gasteiger partial charge in [0.05, 0.1) is 5.60 Å². The molecule has 2 heterocycles. The van der Waals surface area contributed by atoms with E-state index in [9.17, 15) is 5.11 Å². The number of hydrogen-bond donors (Lipinski definition) is 1. The molecule has 14 heavy (non-hydrogen) atoms. The average Bonchev–Trinajstić information content (AvgIpc) is 2.63. The monoisotopic (exact) mass is 228 g/mol. The normalized spacial score (nSPS) is 33.1. The van der Waals surface area contributed by atoms with Crippen LogP contribution in [0.2, 0.25) is 0 Å². The first-order chi connectivity index (χ1) is 6.71. The van der Waals surface area contributed by atoms with E-state index in [-0.39, 0.29) is 0 Å². The summed E-state index contributed by atoms with van der Waals surface area (Å²) in [5.74, 6) is 1.20. The predicted molar refractivity (Wildman–Crippen MR) is 64.1 cm³/mol. The third kappa shape index (κ3) is 2.15. The van der Waals surface area contributed by atoms with E-state index in [4.69, 9.17) is 0 Å². The van der Waals surface area contributed by atoms with Crippen LogP contribution in [0, 0.1) is 0 Å². The molecule has 2 rings (SSSR count). The average molecular weight is 228 g/mol. The molecule has 1 nitrogen and oxygen atoms in total. The number of thiophene rings is 1. The van der Waals surface area contributed by atoms with Crippen LogP contribution < -0.4 is 0 Å². The molecule has 0 aromatic carbocycles. The Morgan fingerprint density at radius 1 is 1.64 bits per heavy atom. The van der Waals surface area contributed by atoms with E-state index in [1.807, 2.05) is 11.8 Å². The zero-order valence-corrected chi connectivity index (χ0v) is 10.0. The van der Waals surface area contributed by atoms with E-state index < -0.39 is 5.60 Å². The van der Waals surface area contributed by atoms with Gasteiger partial charge in [0.25, 0.3) is 0 Å². The first kappa shape index (κ1) is 10.5. The van der Waals surface area contributed by atoms with Crippen molar-refractivity contribution in [3.05, 3.63) is 22.4 Å². The van der Waals surface area contributed by atoms with Crippen LogP contribution >= 0.6 is 23.1 Å². The fourth-order valence-electron chi connectivity index (χ4n) is 1.94. The zero-order chi connectivity index (χ0) is 10.0. The summed E-state index contributed by atoms with van der Waals surface area (Å²) in [6, 6.07) is 4.18. The van der Waals surface area contributed by atoms with Crippen molar-refractivity contribution in [2.75, 3.05) is 5.75 Å². The molecule has 0 spiro atoms. The van der Waals surface area contributed by atoms with Crippen LogP contribution in [0.1, 0.15) is 24.6 Å². The summed E-state index contributed by atoms with van der Waals surface area (Å²) in [7, 11) is 0. The van der Waals surface area contributed by atoms with Gasteiger partial charge in [0, 0.05) is 16.5 Å². The van der Waals surface area contributed by atoms with Gasteiger partial charge in [-0.25, -0.2) is 0 Å². The Balaban J connectivity index is 2.07. The second-order valence-electron chi connectivity index (χ2n) is 3.98. The SMILES string of the molecule is CC1SCCCC1(O)Cc1cccs1. The maximum Gasteiger partial charge on any atom is 0.0811 e. The molecule has 78 valence electrons. The van der Waals surface area contributed by atoms with Crippen molar-refractivity contribution in [3.8, 4) is 0 Å². The van der Waals surface area contributed by atoms with Gasteiger partial charge in [-0.3, -0.25) is 0 Å². The van der Waals surface area contributed by atoms with Gasteiger partial charge >= 0.3 is 0 Å². The van der Waals surface area contributed by atoms with Gasteiger partial charge in [-0.05, 0) is 30.0 Å². The summed E-state index contributed by atoms with van der Waals surface area (Å²) in [4.78, 5) is 1.31. The van der Waals surface area contributed by atoms with E-state index in [1.54, 1.807) is 11.3 Å². The van der Waals surface area contributed by atoms with Crippen LogP contribution in [-0.4, -0.2) is 21.7 Å². The van der Waals surface area contributed by atoms with E-state index in [0.29, 0.717) is 5.25 Å². The van der Waals surface area contributed by atoms with Gasteiger partial charge in [-0.2, -0.15) is 11.8 Å². The summed E-state index contributed by atoms with van der Waals surface area (Å²) >= 11 is 3.65. The van der Waals surface area contributed by atoms with Crippen molar-refractivity contribution < 1.29 is 5.11 Å². The summed E-state index contributed by atoms with van der Waals surface area (Å²) in [6.45, 7) is 2.15. The standard InChI is InChI=1S/C11H16OS2/c1-9-11(12,5-3-7-13-9)8-10-4-2-6-14-10/h2,4,6,9,12H,3,5,7-8H2,1H3. The van der Waals surface area contributed by atoms with Crippen LogP contribution in [0.4, 0.5) is 0 Å². The summed E-state index contributed by atoms with van der Waals surface area (Å²) < 4.78 is 0. The maximum atomic E-state index is 10.5. The minimum absolute atomic E-state index is 0.373. The first-order valence-corrected chi connectivity index (χ1v) is 7.00. The molecule has 2 atom stereocenters. The second kappa shape index (κ2) is 4.25. The minimum atomic E-state index is -0.465. The molecule has 1 fully saturated rings.